The van der Waals surface area contributed by atoms with Gasteiger partial charge in [-0.15, -0.1) is 0 Å². The van der Waals surface area contributed by atoms with Crippen LogP contribution in [-0.2, 0) is 4.79 Å². The van der Waals surface area contributed by atoms with Gasteiger partial charge in [0, 0.05) is 0 Å². The highest BCUT2D eigenvalue weighted by Gasteiger charge is 2.26. The summed E-state index contributed by atoms with van der Waals surface area (Å²) in [4.78, 5) is 13.7. The van der Waals surface area contributed by atoms with Crippen LogP contribution >= 0.6 is 0 Å². The molecule has 0 aromatic heterocycles. The maximum atomic E-state index is 13.7. The number of ether oxygens (including phenoxy) is 4. The van der Waals surface area contributed by atoms with Crippen molar-refractivity contribution in [3.05, 3.63) is 162 Å². The molecule has 0 bridgehead atoms. The van der Waals surface area contributed by atoms with E-state index in [9.17, 15) is 4.79 Å². The fourth-order valence-electron chi connectivity index (χ4n) is 4.10. The molecule has 0 spiro atoms. The molecule has 0 fully saturated rings. The van der Waals surface area contributed by atoms with Gasteiger partial charge in [0.15, 0.2) is 23.0 Å². The van der Waals surface area contributed by atoms with Crippen LogP contribution in [0.1, 0.15) is 23.6 Å². The minimum Gasteiger partial charge on any atom is -0.458 e. The predicted octanol–water partition coefficient (Wildman–Crippen LogP) is 9.23. The SMILES string of the molecule is C=C/C=C\C(=C/C)Oc1ccc(/C=C2\Oc3cc(C)ccc3O/C(=C\c3ccc(Oc4ccccc4)cc3)C2=O)cc1. The number of rotatable bonds is 8. The topological polar surface area (TPSA) is 54.0 Å². The van der Waals surface area contributed by atoms with Gasteiger partial charge in [0.05, 0.1) is 0 Å². The first-order valence-corrected chi connectivity index (χ1v) is 13.5. The van der Waals surface area contributed by atoms with Crippen LogP contribution in [0.2, 0.25) is 0 Å². The Morgan fingerprint density at radius 2 is 1.33 bits per heavy atom. The molecule has 0 saturated carbocycles. The molecule has 0 saturated heterocycles. The number of aryl methyl sites for hydroxylation is 1. The molecule has 4 aromatic carbocycles. The van der Waals surface area contributed by atoms with Gasteiger partial charge in [-0.1, -0.05) is 67.3 Å². The first-order chi connectivity index (χ1) is 20.5. The van der Waals surface area contributed by atoms with E-state index >= 15 is 0 Å². The van der Waals surface area contributed by atoms with E-state index in [1.165, 1.54) is 0 Å². The van der Waals surface area contributed by atoms with E-state index in [1.54, 1.807) is 24.3 Å². The van der Waals surface area contributed by atoms with E-state index < -0.39 is 0 Å². The summed E-state index contributed by atoms with van der Waals surface area (Å²) in [5.41, 5.74) is 2.53. The molecular weight excluding hydrogens is 524 g/mol. The molecule has 42 heavy (non-hydrogen) atoms. The monoisotopic (exact) mass is 554 g/mol. The second-order valence-corrected chi connectivity index (χ2v) is 9.44. The number of ketones is 1. The van der Waals surface area contributed by atoms with Crippen LogP contribution in [0.25, 0.3) is 12.2 Å². The van der Waals surface area contributed by atoms with Crippen molar-refractivity contribution in [1.82, 2.24) is 0 Å². The molecule has 1 heterocycles. The zero-order chi connectivity index (χ0) is 29.3. The predicted molar refractivity (Wildman–Crippen MR) is 167 cm³/mol. The normalized spacial score (nSPS) is 15.1. The van der Waals surface area contributed by atoms with Gasteiger partial charge in [0.2, 0.25) is 0 Å². The van der Waals surface area contributed by atoms with Crippen molar-refractivity contribution in [2.45, 2.75) is 13.8 Å². The van der Waals surface area contributed by atoms with Crippen molar-refractivity contribution in [2.75, 3.05) is 0 Å². The summed E-state index contributed by atoms with van der Waals surface area (Å²) in [5.74, 6) is 3.64. The van der Waals surface area contributed by atoms with E-state index in [4.69, 9.17) is 18.9 Å². The molecule has 0 amide bonds. The van der Waals surface area contributed by atoms with Gasteiger partial charge in [-0.3, -0.25) is 4.79 Å². The second kappa shape index (κ2) is 13.2. The molecule has 4 aromatic rings. The number of allylic oxidation sites excluding steroid dienone is 4. The Morgan fingerprint density at radius 3 is 1.95 bits per heavy atom. The standard InChI is InChI=1S/C37H30O5/c1-4-6-10-29(5-2)39-31-18-14-28(15-19-31)25-36-37(38)35(41-33-22-13-26(3)23-34(33)42-36)24-27-16-20-32(21-17-27)40-30-11-8-7-9-12-30/h4-25H,1H2,2-3H3/b10-6-,29-5+,35-24-,36-25-. The number of para-hydroxylation sites is 1. The third-order valence-corrected chi connectivity index (χ3v) is 6.24. The molecule has 1 aliphatic heterocycles. The van der Waals surface area contributed by atoms with Gasteiger partial charge >= 0.3 is 0 Å². The van der Waals surface area contributed by atoms with E-state index in [0.29, 0.717) is 28.8 Å². The Labute approximate surface area is 246 Å². The number of hydrogen-bond donors (Lipinski definition) is 0. The average molecular weight is 555 g/mol. The van der Waals surface area contributed by atoms with E-state index in [-0.39, 0.29) is 17.3 Å². The molecule has 0 radical (unpaired) electrons. The number of hydrogen-bond acceptors (Lipinski definition) is 5. The van der Waals surface area contributed by atoms with Crippen LogP contribution in [0.4, 0.5) is 0 Å². The van der Waals surface area contributed by atoms with Crippen LogP contribution in [-0.4, -0.2) is 5.78 Å². The summed E-state index contributed by atoms with van der Waals surface area (Å²) in [6.45, 7) is 7.54. The summed E-state index contributed by atoms with van der Waals surface area (Å²) in [5, 5.41) is 0. The van der Waals surface area contributed by atoms with Gasteiger partial charge < -0.3 is 18.9 Å². The molecular formula is C37H30O5. The van der Waals surface area contributed by atoms with Crippen molar-refractivity contribution >= 4 is 17.9 Å². The van der Waals surface area contributed by atoms with Gasteiger partial charge in [-0.05, 0) is 103 Å². The lowest BCUT2D eigenvalue weighted by Gasteiger charge is -2.08. The first-order valence-electron chi connectivity index (χ1n) is 13.5. The highest BCUT2D eigenvalue weighted by molar-refractivity contribution is 6.11. The van der Waals surface area contributed by atoms with Crippen LogP contribution in [0, 0.1) is 6.92 Å². The van der Waals surface area contributed by atoms with E-state index in [2.05, 4.69) is 6.58 Å². The van der Waals surface area contributed by atoms with E-state index in [0.717, 1.165) is 22.4 Å². The van der Waals surface area contributed by atoms with Crippen molar-refractivity contribution in [3.63, 3.8) is 0 Å². The van der Waals surface area contributed by atoms with Crippen LogP contribution in [0.5, 0.6) is 28.7 Å². The molecule has 208 valence electrons. The van der Waals surface area contributed by atoms with Gasteiger partial charge in [0.1, 0.15) is 23.0 Å². The molecule has 5 nitrogen and oxygen atoms in total. The summed E-state index contributed by atoms with van der Waals surface area (Å²) in [6, 6.07) is 30.0. The first kappa shape index (κ1) is 28.0. The van der Waals surface area contributed by atoms with Gasteiger partial charge in [-0.2, -0.15) is 0 Å². The lowest BCUT2D eigenvalue weighted by atomic mass is 10.1. The third kappa shape index (κ3) is 7.14. The van der Waals surface area contributed by atoms with Gasteiger partial charge in [-0.25, -0.2) is 0 Å². The molecule has 0 unspecified atom stereocenters. The van der Waals surface area contributed by atoms with Crippen molar-refractivity contribution in [3.8, 4) is 28.7 Å². The maximum absolute atomic E-state index is 13.7. The second-order valence-electron chi connectivity index (χ2n) is 9.44. The van der Waals surface area contributed by atoms with Crippen LogP contribution < -0.4 is 18.9 Å². The highest BCUT2D eigenvalue weighted by atomic mass is 16.5. The smallest absolute Gasteiger partial charge is 0.263 e. The Balaban J connectivity index is 1.42. The lowest BCUT2D eigenvalue weighted by molar-refractivity contribution is -0.115. The zero-order valence-corrected chi connectivity index (χ0v) is 23.5. The summed E-state index contributed by atoms with van der Waals surface area (Å²) in [7, 11) is 0. The largest absolute Gasteiger partial charge is 0.458 e. The Morgan fingerprint density at radius 1 is 0.738 bits per heavy atom. The molecule has 0 aliphatic carbocycles. The van der Waals surface area contributed by atoms with Gasteiger partial charge in [0.25, 0.3) is 5.78 Å². The third-order valence-electron chi connectivity index (χ3n) is 6.24. The highest BCUT2D eigenvalue weighted by Crippen LogP contribution is 2.36. The van der Waals surface area contributed by atoms with Crippen molar-refractivity contribution in [2.24, 2.45) is 0 Å². The van der Waals surface area contributed by atoms with Crippen LogP contribution in [0.15, 0.2) is 145 Å². The minimum absolute atomic E-state index is 0.145. The molecule has 5 rings (SSSR count). The number of benzene rings is 4. The maximum Gasteiger partial charge on any atom is 0.263 e. The number of fused-ring (bicyclic) bond motifs is 1. The van der Waals surface area contributed by atoms with E-state index in [1.807, 2.05) is 123 Å². The summed E-state index contributed by atoms with van der Waals surface area (Å²) >= 11 is 0. The number of carbonyl (C=O) groups is 1. The molecule has 0 N–H and O–H groups in total. The Bertz CT molecular complexity index is 1690. The van der Waals surface area contributed by atoms with Crippen molar-refractivity contribution in [1.29, 1.82) is 0 Å². The molecule has 5 heteroatoms. The Kier molecular flexibility index (Phi) is 8.80. The minimum atomic E-state index is -0.375. The quantitative estimate of drug-likeness (QED) is 0.123. The number of Topliss-reactive ketones (excluding diaryl/α,β-unsaturated/α-hetero) is 1. The fourth-order valence-corrected chi connectivity index (χ4v) is 4.10. The zero-order valence-electron chi connectivity index (χ0n) is 23.5. The molecule has 0 atom stereocenters. The number of carbonyl (C=O) groups excluding carboxylic acids is 1. The fraction of sp³-hybridized carbons (Fsp3) is 0.0541. The molecule has 1 aliphatic rings. The Hall–Kier alpha value is -5.55. The lowest BCUT2D eigenvalue weighted by Crippen LogP contribution is -2.12. The summed E-state index contributed by atoms with van der Waals surface area (Å²) in [6.07, 6.45) is 10.6. The average Bonchev–Trinajstić information content (AvgIpc) is 3.13. The van der Waals surface area contributed by atoms with Crippen molar-refractivity contribution < 1.29 is 23.7 Å². The van der Waals surface area contributed by atoms with Crippen LogP contribution in [0.3, 0.4) is 0 Å². The summed E-state index contributed by atoms with van der Waals surface area (Å²) < 4.78 is 24.0.